The van der Waals surface area contributed by atoms with Gasteiger partial charge in [-0.2, -0.15) is 0 Å². The number of carbonyl (C=O) groups excluding carboxylic acids is 2. The number of likely N-dealkylation sites (tertiary alicyclic amines) is 2. The van der Waals surface area contributed by atoms with Crippen LogP contribution in [0.5, 0.6) is 0 Å². The summed E-state index contributed by atoms with van der Waals surface area (Å²) in [6, 6.07) is 8.75. The molecule has 1 aromatic carbocycles. The van der Waals surface area contributed by atoms with Gasteiger partial charge in [0.05, 0.1) is 5.56 Å². The average Bonchev–Trinajstić information content (AvgIpc) is 3.02. The van der Waals surface area contributed by atoms with Crippen LogP contribution < -0.4 is 5.56 Å². The fourth-order valence-corrected chi connectivity index (χ4v) is 4.43. The minimum Gasteiger partial charge on any atom is -0.342 e. The Morgan fingerprint density at radius 1 is 0.893 bits per heavy atom. The molecule has 6 nitrogen and oxygen atoms in total. The van der Waals surface area contributed by atoms with Gasteiger partial charge in [0.25, 0.3) is 5.91 Å². The highest BCUT2D eigenvalue weighted by molar-refractivity contribution is 6.06. The van der Waals surface area contributed by atoms with Crippen molar-refractivity contribution in [3.05, 3.63) is 46.2 Å². The van der Waals surface area contributed by atoms with E-state index in [1.807, 2.05) is 23.1 Å². The lowest BCUT2D eigenvalue weighted by molar-refractivity contribution is -0.136. The Kier molecular flexibility index (Phi) is 5.46. The maximum atomic E-state index is 13.1. The lowest BCUT2D eigenvalue weighted by atomic mass is 9.94. The van der Waals surface area contributed by atoms with Crippen LogP contribution in [0.15, 0.2) is 35.1 Å². The fourth-order valence-electron chi connectivity index (χ4n) is 4.43. The third-order valence-corrected chi connectivity index (χ3v) is 6.03. The van der Waals surface area contributed by atoms with Gasteiger partial charge in [0.2, 0.25) is 11.5 Å². The molecule has 0 atom stereocenters. The molecule has 4 rings (SSSR count). The summed E-state index contributed by atoms with van der Waals surface area (Å²) in [5, 5.41) is 0.759. The molecule has 2 amide bonds. The number of nitrogens with one attached hydrogen (secondary N) is 1. The largest absolute Gasteiger partial charge is 0.342 e. The smallest absolute Gasteiger partial charge is 0.254 e. The van der Waals surface area contributed by atoms with E-state index in [1.165, 1.54) is 18.9 Å². The molecule has 0 radical (unpaired) electrons. The van der Waals surface area contributed by atoms with E-state index >= 15 is 0 Å². The first-order valence-corrected chi connectivity index (χ1v) is 10.3. The molecule has 1 aromatic heterocycles. The van der Waals surface area contributed by atoms with Gasteiger partial charge in [0.15, 0.2) is 0 Å². The molecule has 148 valence electrons. The number of piperidine rings is 1. The number of benzene rings is 1. The van der Waals surface area contributed by atoms with Crippen molar-refractivity contribution in [2.45, 2.75) is 38.5 Å². The van der Waals surface area contributed by atoms with Crippen LogP contribution in [0.25, 0.3) is 10.9 Å². The lowest BCUT2D eigenvalue weighted by Crippen LogP contribution is -2.44. The first kappa shape index (κ1) is 18.7. The standard InChI is InChI=1S/C22H27N3O3/c26-20-15-18(17-7-3-4-8-19(17)23-20)22(28)25-13-9-16(10-14-25)21(27)24-11-5-1-2-6-12-24/h3-4,7-8,15-16H,1-2,5-6,9-14H2,(H,23,26). The number of aromatic nitrogens is 1. The van der Waals surface area contributed by atoms with E-state index in [-0.39, 0.29) is 23.3 Å². The summed E-state index contributed by atoms with van der Waals surface area (Å²) in [5.41, 5.74) is 0.842. The molecule has 2 aliphatic rings. The van der Waals surface area contributed by atoms with Crippen LogP contribution in [-0.4, -0.2) is 52.8 Å². The number of H-pyrrole nitrogens is 1. The zero-order valence-corrected chi connectivity index (χ0v) is 16.2. The van der Waals surface area contributed by atoms with Crippen molar-refractivity contribution in [2.24, 2.45) is 5.92 Å². The van der Waals surface area contributed by atoms with Gasteiger partial charge < -0.3 is 14.8 Å². The molecular weight excluding hydrogens is 354 g/mol. The molecule has 1 N–H and O–H groups in total. The third kappa shape index (κ3) is 3.81. The summed E-state index contributed by atoms with van der Waals surface area (Å²) in [4.78, 5) is 44.5. The number of para-hydroxylation sites is 1. The van der Waals surface area contributed by atoms with E-state index in [1.54, 1.807) is 11.0 Å². The fraction of sp³-hybridized carbons (Fsp3) is 0.500. The predicted molar refractivity (Wildman–Crippen MR) is 108 cm³/mol. The van der Waals surface area contributed by atoms with E-state index < -0.39 is 0 Å². The molecule has 2 saturated heterocycles. The predicted octanol–water partition coefficient (Wildman–Crippen LogP) is 2.78. The van der Waals surface area contributed by atoms with E-state index in [0.717, 1.165) is 31.3 Å². The monoisotopic (exact) mass is 381 g/mol. The highest BCUT2D eigenvalue weighted by atomic mass is 16.2. The van der Waals surface area contributed by atoms with E-state index in [0.29, 0.717) is 37.0 Å². The van der Waals surface area contributed by atoms with Crippen LogP contribution >= 0.6 is 0 Å². The van der Waals surface area contributed by atoms with Crippen LogP contribution in [-0.2, 0) is 4.79 Å². The number of hydrogen-bond acceptors (Lipinski definition) is 3. The number of hydrogen-bond donors (Lipinski definition) is 1. The zero-order chi connectivity index (χ0) is 19.5. The van der Waals surface area contributed by atoms with Crippen LogP contribution in [0.1, 0.15) is 48.9 Å². The normalized spacial score (nSPS) is 18.9. The van der Waals surface area contributed by atoms with E-state index in [9.17, 15) is 14.4 Å². The summed E-state index contributed by atoms with van der Waals surface area (Å²) in [6.07, 6.45) is 6.00. The number of pyridine rings is 1. The molecule has 2 aromatic rings. The second-order valence-electron chi connectivity index (χ2n) is 7.90. The summed E-state index contributed by atoms with van der Waals surface area (Å²) in [6.45, 7) is 2.86. The zero-order valence-electron chi connectivity index (χ0n) is 16.2. The van der Waals surface area contributed by atoms with Crippen molar-refractivity contribution in [1.82, 2.24) is 14.8 Å². The van der Waals surface area contributed by atoms with Crippen LogP contribution in [0.3, 0.4) is 0 Å². The Hall–Kier alpha value is -2.63. The Balaban J connectivity index is 1.45. The van der Waals surface area contributed by atoms with Crippen LogP contribution in [0, 0.1) is 5.92 Å². The number of amides is 2. The van der Waals surface area contributed by atoms with Crippen molar-refractivity contribution < 1.29 is 9.59 Å². The minimum absolute atomic E-state index is 0.0121. The van der Waals surface area contributed by atoms with Gasteiger partial charge in [-0.05, 0) is 31.7 Å². The summed E-state index contributed by atoms with van der Waals surface area (Å²) < 4.78 is 0. The molecule has 0 spiro atoms. The minimum atomic E-state index is -0.270. The number of fused-ring (bicyclic) bond motifs is 1. The van der Waals surface area contributed by atoms with Crippen LogP contribution in [0.2, 0.25) is 0 Å². The van der Waals surface area contributed by atoms with Crippen molar-refractivity contribution in [1.29, 1.82) is 0 Å². The van der Waals surface area contributed by atoms with Gasteiger partial charge in [-0.25, -0.2) is 0 Å². The Bertz CT molecular complexity index is 920. The molecule has 2 fully saturated rings. The molecule has 6 heteroatoms. The second kappa shape index (κ2) is 8.17. The number of rotatable bonds is 2. The van der Waals surface area contributed by atoms with Crippen molar-refractivity contribution in [3.8, 4) is 0 Å². The molecule has 0 bridgehead atoms. The van der Waals surface area contributed by atoms with Gasteiger partial charge in [-0.1, -0.05) is 31.0 Å². The quantitative estimate of drug-likeness (QED) is 0.869. The Labute approximate surface area is 164 Å². The maximum Gasteiger partial charge on any atom is 0.254 e. The van der Waals surface area contributed by atoms with Gasteiger partial charge >= 0.3 is 0 Å². The Morgan fingerprint density at radius 2 is 1.57 bits per heavy atom. The second-order valence-corrected chi connectivity index (χ2v) is 7.90. The molecule has 2 aliphatic heterocycles. The number of nitrogens with zero attached hydrogens (tertiary/aromatic N) is 2. The van der Waals surface area contributed by atoms with Crippen molar-refractivity contribution in [3.63, 3.8) is 0 Å². The van der Waals surface area contributed by atoms with E-state index in [4.69, 9.17) is 0 Å². The Morgan fingerprint density at radius 3 is 2.29 bits per heavy atom. The molecule has 0 unspecified atom stereocenters. The highest BCUT2D eigenvalue weighted by Crippen LogP contribution is 2.24. The summed E-state index contributed by atoms with van der Waals surface area (Å²) in [7, 11) is 0. The summed E-state index contributed by atoms with van der Waals surface area (Å²) in [5.74, 6) is 0.150. The van der Waals surface area contributed by atoms with Crippen LogP contribution in [0.4, 0.5) is 0 Å². The highest BCUT2D eigenvalue weighted by Gasteiger charge is 2.31. The SMILES string of the molecule is O=C(c1cc(=O)[nH]c2ccccc12)N1CCC(C(=O)N2CCCCCC2)CC1. The van der Waals surface area contributed by atoms with Gasteiger partial charge in [-0.3, -0.25) is 14.4 Å². The molecule has 0 aliphatic carbocycles. The number of aromatic amines is 1. The van der Waals surface area contributed by atoms with Crippen molar-refractivity contribution >= 4 is 22.7 Å². The maximum absolute atomic E-state index is 13.1. The topological polar surface area (TPSA) is 73.5 Å². The average molecular weight is 381 g/mol. The number of carbonyl (C=O) groups is 2. The molecular formula is C22H27N3O3. The lowest BCUT2D eigenvalue weighted by Gasteiger charge is -2.34. The molecule has 3 heterocycles. The third-order valence-electron chi connectivity index (χ3n) is 6.03. The summed E-state index contributed by atoms with van der Waals surface area (Å²) >= 11 is 0. The molecule has 28 heavy (non-hydrogen) atoms. The van der Waals surface area contributed by atoms with Gasteiger partial charge in [0, 0.05) is 49.1 Å². The first-order valence-electron chi connectivity index (χ1n) is 10.3. The first-order chi connectivity index (χ1) is 13.6. The van der Waals surface area contributed by atoms with Gasteiger partial charge in [0.1, 0.15) is 0 Å². The van der Waals surface area contributed by atoms with E-state index in [2.05, 4.69) is 4.98 Å². The van der Waals surface area contributed by atoms with Gasteiger partial charge in [-0.15, -0.1) is 0 Å². The van der Waals surface area contributed by atoms with Crippen molar-refractivity contribution in [2.75, 3.05) is 26.2 Å². The molecule has 0 saturated carbocycles.